The van der Waals surface area contributed by atoms with Crippen LogP contribution in [0.4, 0.5) is 29.1 Å². The molecule has 7 rings (SSSR count). The second-order valence-electron chi connectivity index (χ2n) is 13.3. The first-order valence-electron chi connectivity index (χ1n) is 16.7. The normalized spacial score (nSPS) is 21.9. The van der Waals surface area contributed by atoms with Gasteiger partial charge in [0.25, 0.3) is 0 Å². The van der Waals surface area contributed by atoms with Gasteiger partial charge in [-0.25, -0.2) is 22.5 Å². The van der Waals surface area contributed by atoms with Gasteiger partial charge in [-0.3, -0.25) is 10.2 Å². The van der Waals surface area contributed by atoms with Gasteiger partial charge in [0.05, 0.1) is 22.7 Å². The number of nitrogens with zero attached hydrogens (tertiary/aromatic N) is 4. The third-order valence-corrected chi connectivity index (χ3v) is 10.4. The molecule has 3 aliphatic rings. The molecular weight excluding hydrogens is 610 g/mol. The van der Waals surface area contributed by atoms with Crippen LogP contribution in [0.15, 0.2) is 24.3 Å². The standard InChI is InChI=1S/C35H41F4N7O/c1-4-21-23(36)9-8-19-15-20(40)16-22(26(19)21)30-28(38)31-27-24(41-30)14-18(3)29(32(39)42-25(37)5-2)43-33(27)45-34(44-31)47-17-35-10-6-12-46(35)13-7-11-35/h8-9,15-16,18,25,29,32,42H,4-7,10-14,17,40H2,1-3H3,(H,43,44,45)/t18-,25?,29-,32?/m0/s1. The van der Waals surface area contributed by atoms with Crippen molar-refractivity contribution in [2.24, 2.45) is 5.92 Å². The minimum atomic E-state index is -1.77. The van der Waals surface area contributed by atoms with E-state index < -0.39 is 36.2 Å². The third kappa shape index (κ3) is 5.52. The van der Waals surface area contributed by atoms with Crippen molar-refractivity contribution in [1.82, 2.24) is 25.2 Å². The first kappa shape index (κ1) is 31.8. The number of nitrogens with two attached hydrogens (primary N) is 1. The lowest BCUT2D eigenvalue weighted by molar-refractivity contribution is 0.108. The zero-order valence-electron chi connectivity index (χ0n) is 27.0. The van der Waals surface area contributed by atoms with E-state index in [1.807, 2.05) is 13.8 Å². The number of pyridine rings is 1. The van der Waals surface area contributed by atoms with Crippen molar-refractivity contribution in [2.45, 2.75) is 89.9 Å². The molecule has 2 fully saturated rings. The Hall–Kier alpha value is -3.77. The zero-order valence-corrected chi connectivity index (χ0v) is 27.0. The molecule has 2 unspecified atom stereocenters. The number of rotatable bonds is 9. The number of hydrogen-bond donors (Lipinski definition) is 3. The summed E-state index contributed by atoms with van der Waals surface area (Å²) in [4.78, 5) is 16.5. The summed E-state index contributed by atoms with van der Waals surface area (Å²) in [5.74, 6) is -1.39. The maximum atomic E-state index is 17.0. The molecule has 4 N–H and O–H groups in total. The molecule has 2 aromatic carbocycles. The van der Waals surface area contributed by atoms with E-state index in [1.165, 1.54) is 6.07 Å². The second kappa shape index (κ2) is 12.4. The Bertz CT molecular complexity index is 1830. The minimum absolute atomic E-state index is 0.0348. The summed E-state index contributed by atoms with van der Waals surface area (Å²) in [7, 11) is 0. The van der Waals surface area contributed by atoms with Gasteiger partial charge in [0.2, 0.25) is 0 Å². The predicted molar refractivity (Wildman–Crippen MR) is 176 cm³/mol. The van der Waals surface area contributed by atoms with Crippen LogP contribution in [0.25, 0.3) is 32.9 Å². The van der Waals surface area contributed by atoms with Gasteiger partial charge in [0.1, 0.15) is 29.5 Å². The van der Waals surface area contributed by atoms with Crippen molar-refractivity contribution in [3.8, 4) is 17.3 Å². The lowest BCUT2D eigenvalue weighted by atomic mass is 9.93. The molecule has 47 heavy (non-hydrogen) atoms. The van der Waals surface area contributed by atoms with Crippen molar-refractivity contribution in [2.75, 3.05) is 30.7 Å². The highest BCUT2D eigenvalue weighted by Crippen LogP contribution is 2.42. The average molecular weight is 652 g/mol. The topological polar surface area (TPSA) is 101 Å². The van der Waals surface area contributed by atoms with Crippen LogP contribution < -0.4 is 21.1 Å². The van der Waals surface area contributed by atoms with Gasteiger partial charge >= 0.3 is 6.01 Å². The van der Waals surface area contributed by atoms with E-state index in [1.54, 1.807) is 25.1 Å². The van der Waals surface area contributed by atoms with E-state index in [9.17, 15) is 4.39 Å². The number of ether oxygens (including phenoxy) is 1. The molecule has 3 aliphatic heterocycles. The number of alkyl halides is 2. The van der Waals surface area contributed by atoms with Crippen molar-refractivity contribution >= 4 is 33.2 Å². The quantitative estimate of drug-likeness (QED) is 0.103. The maximum Gasteiger partial charge on any atom is 0.319 e. The van der Waals surface area contributed by atoms with Crippen LogP contribution in [-0.2, 0) is 12.8 Å². The molecule has 4 atom stereocenters. The van der Waals surface area contributed by atoms with Crippen molar-refractivity contribution in [3.05, 3.63) is 47.2 Å². The molecule has 0 saturated carbocycles. The summed E-state index contributed by atoms with van der Waals surface area (Å²) < 4.78 is 68.4. The first-order valence-corrected chi connectivity index (χ1v) is 16.7. The molecule has 0 bridgehead atoms. The summed E-state index contributed by atoms with van der Waals surface area (Å²) in [6.07, 6.45) is 1.51. The fourth-order valence-corrected chi connectivity index (χ4v) is 7.94. The van der Waals surface area contributed by atoms with E-state index in [0.717, 1.165) is 38.8 Å². The van der Waals surface area contributed by atoms with Crippen LogP contribution in [0.1, 0.15) is 64.1 Å². The number of aromatic nitrogens is 3. The Morgan fingerprint density at radius 3 is 2.57 bits per heavy atom. The number of nitrogens with one attached hydrogen (secondary N) is 2. The lowest BCUT2D eigenvalue weighted by Gasteiger charge is -2.31. The Morgan fingerprint density at radius 2 is 1.85 bits per heavy atom. The van der Waals surface area contributed by atoms with Crippen LogP contribution in [0.2, 0.25) is 0 Å². The highest BCUT2D eigenvalue weighted by atomic mass is 19.2. The first-order chi connectivity index (χ1) is 22.6. The second-order valence-corrected chi connectivity index (χ2v) is 13.3. The monoisotopic (exact) mass is 651 g/mol. The molecular formula is C35H41F4N7O. The van der Waals surface area contributed by atoms with Crippen LogP contribution in [0.3, 0.4) is 0 Å². The molecule has 2 aromatic heterocycles. The molecule has 0 aliphatic carbocycles. The number of hydrogen-bond acceptors (Lipinski definition) is 8. The molecule has 0 amide bonds. The molecule has 250 valence electrons. The smallest absolute Gasteiger partial charge is 0.319 e. The Balaban J connectivity index is 1.40. The summed E-state index contributed by atoms with van der Waals surface area (Å²) in [5, 5.41) is 7.02. The fourth-order valence-electron chi connectivity index (χ4n) is 7.94. The Labute approximate surface area is 271 Å². The van der Waals surface area contributed by atoms with E-state index >= 15 is 13.2 Å². The van der Waals surface area contributed by atoms with E-state index in [4.69, 9.17) is 15.5 Å². The predicted octanol–water partition coefficient (Wildman–Crippen LogP) is 6.84. The molecule has 2 saturated heterocycles. The van der Waals surface area contributed by atoms with Gasteiger partial charge < -0.3 is 15.8 Å². The maximum absolute atomic E-state index is 17.0. The molecule has 12 heteroatoms. The average Bonchev–Trinajstić information content (AvgIpc) is 3.60. The summed E-state index contributed by atoms with van der Waals surface area (Å²) >= 11 is 0. The summed E-state index contributed by atoms with van der Waals surface area (Å²) in [6, 6.07) is 5.38. The highest BCUT2D eigenvalue weighted by Gasteiger charge is 2.45. The van der Waals surface area contributed by atoms with Crippen molar-refractivity contribution < 1.29 is 22.3 Å². The van der Waals surface area contributed by atoms with Crippen LogP contribution in [-0.4, -0.2) is 63.7 Å². The van der Waals surface area contributed by atoms with E-state index in [-0.39, 0.29) is 41.4 Å². The molecule has 8 nitrogen and oxygen atoms in total. The van der Waals surface area contributed by atoms with Gasteiger partial charge in [-0.05, 0) is 98.5 Å². The van der Waals surface area contributed by atoms with Crippen molar-refractivity contribution in [1.29, 1.82) is 0 Å². The molecule has 4 aromatic rings. The lowest BCUT2D eigenvalue weighted by Crippen LogP contribution is -2.47. The number of anilines is 2. The van der Waals surface area contributed by atoms with E-state index in [0.29, 0.717) is 51.7 Å². The van der Waals surface area contributed by atoms with Crippen molar-refractivity contribution in [3.63, 3.8) is 0 Å². The van der Waals surface area contributed by atoms with Gasteiger partial charge in [0, 0.05) is 11.3 Å². The number of benzene rings is 2. The molecule has 0 spiro atoms. The Morgan fingerprint density at radius 1 is 1.09 bits per heavy atom. The van der Waals surface area contributed by atoms with Crippen LogP contribution in [0.5, 0.6) is 6.01 Å². The molecule has 5 heterocycles. The number of halogens is 4. The van der Waals surface area contributed by atoms with Gasteiger partial charge in [-0.1, -0.05) is 26.8 Å². The van der Waals surface area contributed by atoms with E-state index in [2.05, 4.69) is 25.5 Å². The van der Waals surface area contributed by atoms with Crippen LogP contribution in [0, 0.1) is 17.6 Å². The number of aryl methyl sites for hydroxylation is 1. The third-order valence-electron chi connectivity index (χ3n) is 10.4. The van der Waals surface area contributed by atoms with Gasteiger partial charge in [0.15, 0.2) is 18.4 Å². The molecule has 0 radical (unpaired) electrons. The number of nitrogen functional groups attached to an aromatic ring is 1. The largest absolute Gasteiger partial charge is 0.461 e. The minimum Gasteiger partial charge on any atom is -0.461 e. The highest BCUT2D eigenvalue weighted by molar-refractivity contribution is 6.03. The van der Waals surface area contributed by atoms with Gasteiger partial charge in [-0.2, -0.15) is 9.97 Å². The Kier molecular flexibility index (Phi) is 8.36. The summed E-state index contributed by atoms with van der Waals surface area (Å²) in [5.41, 5.74) is 7.69. The van der Waals surface area contributed by atoms with Gasteiger partial charge in [-0.15, -0.1) is 0 Å². The summed E-state index contributed by atoms with van der Waals surface area (Å²) in [6.45, 7) is 7.65. The van der Waals surface area contributed by atoms with Crippen LogP contribution >= 0.6 is 0 Å². The SMILES string of the molecule is CCc1c(F)ccc2cc(N)cc(-c3nc4c5c(nc(OCC67CCCN6CCC7)nc5c3F)N[C@H](C(F)NC(F)CC)[C@@H](C)C4)c12. The number of fused-ring (bicyclic) bond motifs is 2. The zero-order chi connectivity index (χ0) is 33.0. The fraction of sp³-hybridized carbons (Fsp3) is 0.514.